The fourth-order valence-corrected chi connectivity index (χ4v) is 1.88. The van der Waals surface area contributed by atoms with Crippen molar-refractivity contribution >= 4 is 17.3 Å². The number of nitrogens with zero attached hydrogens (tertiary/aromatic N) is 4. The Balaban J connectivity index is 2.27. The van der Waals surface area contributed by atoms with Gasteiger partial charge < -0.3 is 0 Å². The van der Waals surface area contributed by atoms with E-state index in [-0.39, 0.29) is 23.2 Å². The molecule has 1 aromatic carbocycles. The summed E-state index contributed by atoms with van der Waals surface area (Å²) in [5.74, 6) is -0.533. The van der Waals surface area contributed by atoms with Crippen molar-refractivity contribution in [3.63, 3.8) is 0 Å². The summed E-state index contributed by atoms with van der Waals surface area (Å²) in [6, 6.07) is 3.32. The molecule has 0 aliphatic rings. The standard InChI is InChI=1S/C12H12ClFN4O2/c1-2-10(13)11-7-17(16-15-11)6-8-5-9(14)3-4-12(8)18(19)20/h3-5,7,10H,2,6H2,1H3. The summed E-state index contributed by atoms with van der Waals surface area (Å²) in [7, 11) is 0. The molecule has 0 radical (unpaired) electrons. The second-order valence-electron chi connectivity index (χ2n) is 4.25. The number of nitro benzene ring substituents is 1. The predicted molar refractivity (Wildman–Crippen MR) is 71.1 cm³/mol. The van der Waals surface area contributed by atoms with Crippen LogP contribution in [0.5, 0.6) is 0 Å². The summed E-state index contributed by atoms with van der Waals surface area (Å²) in [6.07, 6.45) is 2.30. The van der Waals surface area contributed by atoms with Crippen LogP contribution in [0.25, 0.3) is 0 Å². The summed E-state index contributed by atoms with van der Waals surface area (Å²) < 4.78 is 14.6. The molecule has 6 nitrogen and oxygen atoms in total. The minimum atomic E-state index is -0.553. The highest BCUT2D eigenvalue weighted by Gasteiger charge is 2.16. The van der Waals surface area contributed by atoms with E-state index in [0.29, 0.717) is 12.1 Å². The molecular formula is C12H12ClFN4O2. The van der Waals surface area contributed by atoms with Crippen LogP contribution in [0, 0.1) is 15.9 Å². The van der Waals surface area contributed by atoms with Gasteiger partial charge in [-0.2, -0.15) is 0 Å². The lowest BCUT2D eigenvalue weighted by Gasteiger charge is -2.03. The third-order valence-electron chi connectivity index (χ3n) is 2.81. The zero-order chi connectivity index (χ0) is 14.7. The molecule has 0 spiro atoms. The van der Waals surface area contributed by atoms with Gasteiger partial charge in [0.1, 0.15) is 11.5 Å². The minimum Gasteiger partial charge on any atom is -0.258 e. The van der Waals surface area contributed by atoms with Gasteiger partial charge in [0.15, 0.2) is 0 Å². The number of benzene rings is 1. The summed E-state index contributed by atoms with van der Waals surface area (Å²) in [5, 5.41) is 18.4. The van der Waals surface area contributed by atoms with Crippen molar-refractivity contribution in [3.8, 4) is 0 Å². The fourth-order valence-electron chi connectivity index (χ4n) is 1.78. The van der Waals surface area contributed by atoms with E-state index in [2.05, 4.69) is 10.3 Å². The van der Waals surface area contributed by atoms with Crippen molar-refractivity contribution in [1.29, 1.82) is 0 Å². The molecule has 106 valence electrons. The van der Waals surface area contributed by atoms with Crippen molar-refractivity contribution in [2.75, 3.05) is 0 Å². The number of hydrogen-bond donors (Lipinski definition) is 0. The Labute approximate surface area is 119 Å². The molecule has 1 heterocycles. The fraction of sp³-hybridized carbons (Fsp3) is 0.333. The van der Waals surface area contributed by atoms with Crippen molar-refractivity contribution < 1.29 is 9.31 Å². The van der Waals surface area contributed by atoms with Crippen LogP contribution >= 0.6 is 11.6 Å². The number of aromatic nitrogens is 3. The number of alkyl halides is 1. The van der Waals surface area contributed by atoms with E-state index < -0.39 is 10.7 Å². The van der Waals surface area contributed by atoms with Crippen molar-refractivity contribution in [2.24, 2.45) is 0 Å². The van der Waals surface area contributed by atoms with Gasteiger partial charge >= 0.3 is 0 Å². The molecule has 0 bridgehead atoms. The van der Waals surface area contributed by atoms with E-state index >= 15 is 0 Å². The maximum Gasteiger partial charge on any atom is 0.274 e. The van der Waals surface area contributed by atoms with Crippen molar-refractivity contribution in [3.05, 3.63) is 51.6 Å². The maximum absolute atomic E-state index is 13.2. The van der Waals surface area contributed by atoms with Gasteiger partial charge in [-0.05, 0) is 18.6 Å². The largest absolute Gasteiger partial charge is 0.274 e. The molecular weight excluding hydrogens is 287 g/mol. The molecule has 0 saturated heterocycles. The average molecular weight is 299 g/mol. The van der Waals surface area contributed by atoms with E-state index in [1.54, 1.807) is 6.20 Å². The second-order valence-corrected chi connectivity index (χ2v) is 4.77. The SMILES string of the molecule is CCC(Cl)c1cn(Cc2cc(F)ccc2[N+](=O)[O-])nn1. The van der Waals surface area contributed by atoms with Gasteiger partial charge in [-0.1, -0.05) is 12.1 Å². The monoisotopic (exact) mass is 298 g/mol. The Kier molecular flexibility index (Phi) is 4.29. The quantitative estimate of drug-likeness (QED) is 0.483. The zero-order valence-corrected chi connectivity index (χ0v) is 11.4. The van der Waals surface area contributed by atoms with Gasteiger partial charge in [0.25, 0.3) is 5.69 Å². The summed E-state index contributed by atoms with van der Waals surface area (Å²) >= 11 is 6.03. The third kappa shape index (κ3) is 3.11. The number of hydrogen-bond acceptors (Lipinski definition) is 4. The molecule has 20 heavy (non-hydrogen) atoms. The number of nitro groups is 1. The van der Waals surface area contributed by atoms with Gasteiger partial charge in [-0.25, -0.2) is 9.07 Å². The average Bonchev–Trinajstić information content (AvgIpc) is 2.86. The normalized spacial score (nSPS) is 12.3. The van der Waals surface area contributed by atoms with Crippen LogP contribution in [-0.4, -0.2) is 19.9 Å². The van der Waals surface area contributed by atoms with Crippen LogP contribution in [0.2, 0.25) is 0 Å². The number of rotatable bonds is 5. The van der Waals surface area contributed by atoms with Crippen LogP contribution in [0.4, 0.5) is 10.1 Å². The first kappa shape index (κ1) is 14.4. The van der Waals surface area contributed by atoms with Crippen molar-refractivity contribution in [1.82, 2.24) is 15.0 Å². The summed E-state index contributed by atoms with van der Waals surface area (Å²) in [4.78, 5) is 10.3. The molecule has 0 saturated carbocycles. The molecule has 0 amide bonds. The molecule has 1 aromatic heterocycles. The minimum absolute atomic E-state index is 0.0639. The van der Waals surface area contributed by atoms with Crippen LogP contribution in [0.15, 0.2) is 24.4 Å². The van der Waals surface area contributed by atoms with E-state index in [1.165, 1.54) is 4.68 Å². The maximum atomic E-state index is 13.2. The first-order chi connectivity index (χ1) is 9.51. The van der Waals surface area contributed by atoms with Gasteiger partial charge in [-0.15, -0.1) is 16.7 Å². The lowest BCUT2D eigenvalue weighted by molar-refractivity contribution is -0.385. The highest BCUT2D eigenvalue weighted by atomic mass is 35.5. The molecule has 0 N–H and O–H groups in total. The first-order valence-electron chi connectivity index (χ1n) is 5.98. The Morgan fingerprint density at radius 1 is 1.55 bits per heavy atom. The smallest absolute Gasteiger partial charge is 0.258 e. The van der Waals surface area contributed by atoms with Gasteiger partial charge in [-0.3, -0.25) is 10.1 Å². The Morgan fingerprint density at radius 3 is 2.95 bits per heavy atom. The molecule has 1 unspecified atom stereocenters. The Bertz CT molecular complexity index is 632. The highest BCUT2D eigenvalue weighted by Crippen LogP contribution is 2.23. The highest BCUT2D eigenvalue weighted by molar-refractivity contribution is 6.20. The van der Waals surface area contributed by atoms with Gasteiger partial charge in [0.05, 0.1) is 28.6 Å². The molecule has 1 atom stereocenters. The Hall–Kier alpha value is -2.02. The van der Waals surface area contributed by atoms with Crippen LogP contribution in [0.1, 0.15) is 30.0 Å². The number of halogens is 2. The summed E-state index contributed by atoms with van der Waals surface area (Å²) in [5.41, 5.74) is 0.670. The first-order valence-corrected chi connectivity index (χ1v) is 6.41. The zero-order valence-electron chi connectivity index (χ0n) is 10.7. The van der Waals surface area contributed by atoms with E-state index in [0.717, 1.165) is 18.2 Å². The Morgan fingerprint density at radius 2 is 2.30 bits per heavy atom. The summed E-state index contributed by atoms with van der Waals surface area (Å²) in [6.45, 7) is 1.97. The molecule has 8 heteroatoms. The van der Waals surface area contributed by atoms with E-state index in [1.807, 2.05) is 6.92 Å². The molecule has 2 rings (SSSR count). The topological polar surface area (TPSA) is 73.8 Å². The molecule has 0 aliphatic carbocycles. The molecule has 0 aliphatic heterocycles. The van der Waals surface area contributed by atoms with Crippen LogP contribution in [-0.2, 0) is 6.54 Å². The molecule has 2 aromatic rings. The van der Waals surface area contributed by atoms with Gasteiger partial charge in [0.2, 0.25) is 0 Å². The van der Waals surface area contributed by atoms with E-state index in [9.17, 15) is 14.5 Å². The van der Waals surface area contributed by atoms with Gasteiger partial charge in [0, 0.05) is 6.07 Å². The van der Waals surface area contributed by atoms with Crippen LogP contribution < -0.4 is 0 Å². The third-order valence-corrected chi connectivity index (χ3v) is 3.34. The lowest BCUT2D eigenvalue weighted by atomic mass is 10.1. The second kappa shape index (κ2) is 5.96. The van der Waals surface area contributed by atoms with Crippen LogP contribution in [0.3, 0.4) is 0 Å². The molecule has 0 fully saturated rings. The van der Waals surface area contributed by atoms with Crippen molar-refractivity contribution in [2.45, 2.75) is 25.3 Å². The lowest BCUT2D eigenvalue weighted by Crippen LogP contribution is -2.04. The predicted octanol–water partition coefficient (Wildman–Crippen LogP) is 3.06. The van der Waals surface area contributed by atoms with E-state index in [4.69, 9.17) is 11.6 Å².